The first kappa shape index (κ1) is 14.3. The molecule has 0 aliphatic heterocycles. The summed E-state index contributed by atoms with van der Waals surface area (Å²) in [5.41, 5.74) is -0.0255. The molecule has 0 aliphatic rings. The van der Waals surface area contributed by atoms with Gasteiger partial charge in [0.25, 0.3) is 11.4 Å². The van der Waals surface area contributed by atoms with Crippen LogP contribution in [0.25, 0.3) is 0 Å². The van der Waals surface area contributed by atoms with Gasteiger partial charge in [-0.2, -0.15) is 0 Å². The van der Waals surface area contributed by atoms with Crippen LogP contribution in [0.15, 0.2) is 52.5 Å². The number of nitro groups is 2. The van der Waals surface area contributed by atoms with Gasteiger partial charge in [-0.15, -0.1) is 0 Å². The van der Waals surface area contributed by atoms with Gasteiger partial charge in [0.2, 0.25) is 0 Å². The number of hydrogen-bond acceptors (Lipinski definition) is 7. The molecule has 0 saturated carbocycles. The van der Waals surface area contributed by atoms with E-state index in [1.165, 1.54) is 46.0 Å². The minimum Gasteiger partial charge on any atom is -0.258 e. The predicted molar refractivity (Wildman–Crippen MR) is 75.7 cm³/mol. The standard InChI is InChI=1S/C11H7N3O4S2/c15-13(16)8-1-4-10(5-2-8)19-20-11-6-3-9(7-12-11)14(17)18/h1-7H. The molecule has 2 aromatic rings. The van der Waals surface area contributed by atoms with E-state index < -0.39 is 9.85 Å². The van der Waals surface area contributed by atoms with Gasteiger partial charge >= 0.3 is 0 Å². The maximum absolute atomic E-state index is 10.5. The van der Waals surface area contributed by atoms with Crippen LogP contribution in [0.3, 0.4) is 0 Å². The SMILES string of the molecule is O=[N+]([O-])c1ccc(SSc2ccc([N+](=O)[O-])cn2)cc1. The molecule has 20 heavy (non-hydrogen) atoms. The highest BCUT2D eigenvalue weighted by Crippen LogP contribution is 2.37. The molecule has 2 rings (SSSR count). The van der Waals surface area contributed by atoms with E-state index in [0.717, 1.165) is 4.90 Å². The number of non-ortho nitro benzene ring substituents is 1. The van der Waals surface area contributed by atoms with Crippen LogP contribution >= 0.6 is 21.6 Å². The highest BCUT2D eigenvalue weighted by molar-refractivity contribution is 8.76. The Morgan fingerprint density at radius 3 is 1.95 bits per heavy atom. The van der Waals surface area contributed by atoms with Crippen LogP contribution in [0, 0.1) is 20.2 Å². The van der Waals surface area contributed by atoms with E-state index in [2.05, 4.69) is 4.98 Å². The molecule has 0 fully saturated rings. The first-order valence-corrected chi connectivity index (χ1v) is 7.40. The van der Waals surface area contributed by atoms with Crippen molar-refractivity contribution in [2.24, 2.45) is 0 Å². The molecular formula is C11H7N3O4S2. The lowest BCUT2D eigenvalue weighted by molar-refractivity contribution is -0.385. The number of hydrogen-bond donors (Lipinski definition) is 0. The number of aromatic nitrogens is 1. The normalized spacial score (nSPS) is 10.2. The van der Waals surface area contributed by atoms with Crippen molar-refractivity contribution in [2.45, 2.75) is 9.92 Å². The van der Waals surface area contributed by atoms with Gasteiger partial charge in [-0.1, -0.05) is 10.8 Å². The van der Waals surface area contributed by atoms with E-state index in [-0.39, 0.29) is 11.4 Å². The number of rotatable bonds is 5. The first-order chi connectivity index (χ1) is 9.56. The zero-order valence-electron chi connectivity index (χ0n) is 9.83. The first-order valence-electron chi connectivity index (χ1n) is 5.25. The van der Waals surface area contributed by atoms with E-state index in [9.17, 15) is 20.2 Å². The van der Waals surface area contributed by atoms with Crippen molar-refractivity contribution in [2.75, 3.05) is 0 Å². The van der Waals surface area contributed by atoms with Crippen LogP contribution in [0.2, 0.25) is 0 Å². The summed E-state index contributed by atoms with van der Waals surface area (Å²) >= 11 is 0. The fourth-order valence-corrected chi connectivity index (χ4v) is 3.07. The van der Waals surface area contributed by atoms with Crippen molar-refractivity contribution in [1.29, 1.82) is 0 Å². The van der Waals surface area contributed by atoms with Crippen molar-refractivity contribution in [3.63, 3.8) is 0 Å². The molecule has 0 unspecified atom stereocenters. The largest absolute Gasteiger partial charge is 0.287 e. The minimum atomic E-state index is -0.509. The van der Waals surface area contributed by atoms with E-state index in [0.29, 0.717) is 5.03 Å². The number of benzene rings is 1. The van der Waals surface area contributed by atoms with Crippen LogP contribution in [0.4, 0.5) is 11.4 Å². The van der Waals surface area contributed by atoms with Gasteiger partial charge in [-0.25, -0.2) is 4.98 Å². The van der Waals surface area contributed by atoms with E-state index >= 15 is 0 Å². The van der Waals surface area contributed by atoms with E-state index in [4.69, 9.17) is 0 Å². The zero-order chi connectivity index (χ0) is 14.5. The Hall–Kier alpha value is -2.13. The van der Waals surface area contributed by atoms with Crippen molar-refractivity contribution < 1.29 is 9.85 Å². The smallest absolute Gasteiger partial charge is 0.258 e. The maximum atomic E-state index is 10.5. The summed E-state index contributed by atoms with van der Waals surface area (Å²) in [7, 11) is 2.69. The third-order valence-electron chi connectivity index (χ3n) is 2.20. The van der Waals surface area contributed by atoms with Crippen LogP contribution in [0.1, 0.15) is 0 Å². The summed E-state index contributed by atoms with van der Waals surface area (Å²) in [4.78, 5) is 24.8. The van der Waals surface area contributed by atoms with Crippen LogP contribution in [-0.2, 0) is 0 Å². The van der Waals surface area contributed by atoms with E-state index in [1.807, 2.05) is 0 Å². The Morgan fingerprint density at radius 1 is 0.850 bits per heavy atom. The Labute approximate surface area is 121 Å². The quantitative estimate of drug-likeness (QED) is 0.471. The number of pyridine rings is 1. The van der Waals surface area contributed by atoms with E-state index in [1.54, 1.807) is 18.2 Å². The highest BCUT2D eigenvalue weighted by Gasteiger charge is 2.07. The van der Waals surface area contributed by atoms with Gasteiger partial charge in [-0.05, 0) is 29.0 Å². The molecule has 1 aromatic heterocycles. The fraction of sp³-hybridized carbons (Fsp3) is 0. The molecule has 7 nitrogen and oxygen atoms in total. The summed E-state index contributed by atoms with van der Waals surface area (Å²) in [5, 5.41) is 21.6. The Morgan fingerprint density at radius 2 is 1.45 bits per heavy atom. The average molecular weight is 309 g/mol. The molecule has 0 radical (unpaired) electrons. The van der Waals surface area contributed by atoms with Gasteiger partial charge < -0.3 is 0 Å². The summed E-state index contributed by atoms with van der Waals surface area (Å²) < 4.78 is 0. The van der Waals surface area contributed by atoms with Gasteiger partial charge in [0.1, 0.15) is 11.2 Å². The lowest BCUT2D eigenvalue weighted by Crippen LogP contribution is -1.88. The lowest BCUT2D eigenvalue weighted by atomic mass is 10.3. The molecule has 0 spiro atoms. The Balaban J connectivity index is 1.97. The number of nitrogens with zero attached hydrogens (tertiary/aromatic N) is 3. The van der Waals surface area contributed by atoms with Gasteiger partial charge in [-0.3, -0.25) is 20.2 Å². The predicted octanol–water partition coefficient (Wildman–Crippen LogP) is 3.70. The topological polar surface area (TPSA) is 99.2 Å². The van der Waals surface area contributed by atoms with Gasteiger partial charge in [0.05, 0.1) is 9.85 Å². The molecule has 0 N–H and O–H groups in total. The molecule has 9 heteroatoms. The summed E-state index contributed by atoms with van der Waals surface area (Å²) in [6.45, 7) is 0. The molecule has 0 atom stereocenters. The van der Waals surface area contributed by atoms with Crippen molar-refractivity contribution in [3.05, 3.63) is 62.8 Å². The minimum absolute atomic E-state index is 0.0350. The Kier molecular flexibility index (Phi) is 4.53. The molecule has 0 amide bonds. The summed E-state index contributed by atoms with van der Waals surface area (Å²) in [6.07, 6.45) is 1.19. The highest BCUT2D eigenvalue weighted by atomic mass is 33.1. The van der Waals surface area contributed by atoms with Crippen LogP contribution < -0.4 is 0 Å². The van der Waals surface area contributed by atoms with Crippen LogP contribution in [-0.4, -0.2) is 14.8 Å². The van der Waals surface area contributed by atoms with Crippen LogP contribution in [0.5, 0.6) is 0 Å². The monoisotopic (exact) mass is 309 g/mol. The van der Waals surface area contributed by atoms with Crippen molar-refractivity contribution in [3.8, 4) is 0 Å². The number of nitro benzene ring substituents is 1. The lowest BCUT2D eigenvalue weighted by Gasteiger charge is -2.00. The summed E-state index contributed by atoms with van der Waals surface area (Å²) in [5.74, 6) is 0. The second-order valence-electron chi connectivity index (χ2n) is 3.53. The third-order valence-corrected chi connectivity index (χ3v) is 4.50. The molecule has 0 aliphatic carbocycles. The third kappa shape index (κ3) is 3.68. The van der Waals surface area contributed by atoms with Crippen molar-refractivity contribution >= 4 is 33.0 Å². The second kappa shape index (κ2) is 6.35. The fourth-order valence-electron chi connectivity index (χ4n) is 1.24. The molecule has 1 heterocycles. The average Bonchev–Trinajstić information content (AvgIpc) is 2.46. The van der Waals surface area contributed by atoms with Gasteiger partial charge in [0, 0.05) is 23.1 Å². The maximum Gasteiger partial charge on any atom is 0.287 e. The van der Waals surface area contributed by atoms with Gasteiger partial charge in [0.15, 0.2) is 0 Å². The van der Waals surface area contributed by atoms with Crippen molar-refractivity contribution in [1.82, 2.24) is 4.98 Å². The zero-order valence-corrected chi connectivity index (χ0v) is 11.5. The molecule has 0 bridgehead atoms. The second-order valence-corrected chi connectivity index (χ2v) is 5.75. The molecule has 0 saturated heterocycles. The molecular weight excluding hydrogens is 302 g/mol. The Bertz CT molecular complexity index is 574. The molecule has 102 valence electrons. The summed E-state index contributed by atoms with van der Waals surface area (Å²) in [6, 6.07) is 9.06. The molecule has 1 aromatic carbocycles.